The molecule has 0 N–H and O–H groups in total. The molecule has 10 heteroatoms. The van der Waals surface area contributed by atoms with Crippen LogP contribution in [0.25, 0.3) is 4.96 Å². The van der Waals surface area contributed by atoms with E-state index in [4.69, 9.17) is 4.74 Å². The molecule has 3 aromatic rings. The van der Waals surface area contributed by atoms with Crippen LogP contribution in [0.15, 0.2) is 17.1 Å². The van der Waals surface area contributed by atoms with Gasteiger partial charge in [0.2, 0.25) is 4.96 Å². The molecule has 1 fully saturated rings. The molecule has 0 saturated carbocycles. The maximum Gasteiger partial charge on any atom is 0.275 e. The van der Waals surface area contributed by atoms with Gasteiger partial charge in [-0.05, 0) is 12.8 Å². The number of nitrogens with zero attached hydrogens (tertiary/aromatic N) is 7. The SMILES string of the molecule is CCc1nn2c(=O)cc(CN3CC[C@H]4OCc5cnnn5[C@@H]4C3)nc2s1. The topological polar surface area (TPSA) is 90.4 Å². The lowest BCUT2D eigenvalue weighted by Gasteiger charge is -2.40. The summed E-state index contributed by atoms with van der Waals surface area (Å²) < 4.78 is 9.34. The van der Waals surface area contributed by atoms with Crippen LogP contribution in [0.1, 0.15) is 35.8 Å². The Morgan fingerprint density at radius 2 is 2.35 bits per heavy atom. The normalized spacial score (nSPS) is 23.1. The molecular formula is C16H19N7O2S. The van der Waals surface area contributed by atoms with Crippen molar-refractivity contribution in [1.82, 2.24) is 34.5 Å². The number of aromatic nitrogens is 6. The third kappa shape index (κ3) is 2.65. The van der Waals surface area contributed by atoms with Gasteiger partial charge in [-0.25, -0.2) is 9.67 Å². The van der Waals surface area contributed by atoms with Crippen LogP contribution < -0.4 is 5.56 Å². The average Bonchev–Trinajstić information content (AvgIpc) is 3.28. The van der Waals surface area contributed by atoms with Gasteiger partial charge in [0.15, 0.2) is 0 Å². The van der Waals surface area contributed by atoms with Crippen molar-refractivity contribution in [3.63, 3.8) is 0 Å². The van der Waals surface area contributed by atoms with Crippen LogP contribution in [0.3, 0.4) is 0 Å². The molecule has 26 heavy (non-hydrogen) atoms. The van der Waals surface area contributed by atoms with E-state index >= 15 is 0 Å². The van der Waals surface area contributed by atoms with E-state index in [1.165, 1.54) is 15.9 Å². The molecule has 0 spiro atoms. The third-order valence-corrected chi connectivity index (χ3v) is 6.09. The summed E-state index contributed by atoms with van der Waals surface area (Å²) in [6.45, 7) is 4.96. The summed E-state index contributed by atoms with van der Waals surface area (Å²) >= 11 is 1.48. The maximum absolute atomic E-state index is 12.3. The van der Waals surface area contributed by atoms with E-state index in [-0.39, 0.29) is 17.7 Å². The average molecular weight is 373 g/mol. The Bertz CT molecular complexity index is 1010. The number of hydrogen-bond donors (Lipinski definition) is 0. The van der Waals surface area contributed by atoms with Crippen LogP contribution in [-0.4, -0.2) is 53.7 Å². The van der Waals surface area contributed by atoms with Crippen LogP contribution in [-0.2, 0) is 24.3 Å². The molecule has 0 amide bonds. The molecule has 0 radical (unpaired) electrons. The minimum Gasteiger partial charge on any atom is -0.370 e. The van der Waals surface area contributed by atoms with Crippen molar-refractivity contribution in [1.29, 1.82) is 0 Å². The second-order valence-corrected chi connectivity index (χ2v) is 7.78. The molecule has 0 unspecified atom stereocenters. The quantitative estimate of drug-likeness (QED) is 0.666. The Kier molecular flexibility index (Phi) is 3.84. The first-order valence-electron chi connectivity index (χ1n) is 8.83. The van der Waals surface area contributed by atoms with E-state index in [1.54, 1.807) is 12.3 Å². The summed E-state index contributed by atoms with van der Waals surface area (Å²) in [5, 5.41) is 13.5. The molecule has 2 aliphatic heterocycles. The van der Waals surface area contributed by atoms with Crippen molar-refractivity contribution < 1.29 is 4.74 Å². The fourth-order valence-corrected chi connectivity index (χ4v) is 4.59. The van der Waals surface area contributed by atoms with Crippen LogP contribution in [0.4, 0.5) is 0 Å². The van der Waals surface area contributed by atoms with Crippen molar-refractivity contribution in [3.05, 3.63) is 39.0 Å². The fraction of sp³-hybridized carbons (Fsp3) is 0.562. The van der Waals surface area contributed by atoms with Gasteiger partial charge in [0.05, 0.1) is 36.3 Å². The zero-order valence-electron chi connectivity index (χ0n) is 14.4. The van der Waals surface area contributed by atoms with Crippen molar-refractivity contribution >= 4 is 16.3 Å². The van der Waals surface area contributed by atoms with E-state index < -0.39 is 0 Å². The van der Waals surface area contributed by atoms with Gasteiger partial charge in [0, 0.05) is 25.7 Å². The highest BCUT2D eigenvalue weighted by molar-refractivity contribution is 7.16. The van der Waals surface area contributed by atoms with Crippen molar-refractivity contribution in [2.45, 2.75) is 45.1 Å². The van der Waals surface area contributed by atoms with Gasteiger partial charge in [0.25, 0.3) is 5.56 Å². The first-order chi connectivity index (χ1) is 12.7. The van der Waals surface area contributed by atoms with Gasteiger partial charge in [0.1, 0.15) is 5.01 Å². The standard InChI is InChI=1S/C16H19N7O2S/c1-2-14-19-23-15(24)5-10(18-16(23)26-14)7-21-4-3-13-12(8-21)22-11(9-25-13)6-17-20-22/h5-6,12-13H,2-4,7-9H2,1H3/t12-,13-/m1/s1. The fourth-order valence-electron chi connectivity index (χ4n) is 3.74. The van der Waals surface area contributed by atoms with Crippen molar-refractivity contribution in [3.8, 4) is 0 Å². The molecule has 136 valence electrons. The predicted molar refractivity (Wildman–Crippen MR) is 94.0 cm³/mol. The largest absolute Gasteiger partial charge is 0.370 e. The zero-order chi connectivity index (χ0) is 17.7. The number of ether oxygens (including phenoxy) is 1. The molecule has 0 aliphatic carbocycles. The monoisotopic (exact) mass is 373 g/mol. The van der Waals surface area contributed by atoms with Gasteiger partial charge in [-0.15, -0.1) is 5.10 Å². The Balaban J connectivity index is 1.39. The second-order valence-electron chi connectivity index (χ2n) is 6.74. The van der Waals surface area contributed by atoms with Gasteiger partial charge in [-0.2, -0.15) is 9.61 Å². The molecule has 5 heterocycles. The van der Waals surface area contributed by atoms with E-state index in [0.29, 0.717) is 18.1 Å². The Labute approximate surface area is 153 Å². The molecule has 1 saturated heterocycles. The summed E-state index contributed by atoms with van der Waals surface area (Å²) in [5.41, 5.74) is 1.69. The zero-order valence-corrected chi connectivity index (χ0v) is 15.2. The summed E-state index contributed by atoms with van der Waals surface area (Å²) in [4.78, 5) is 20.0. The van der Waals surface area contributed by atoms with E-state index in [9.17, 15) is 4.79 Å². The summed E-state index contributed by atoms with van der Waals surface area (Å²) in [5.74, 6) is 0. The maximum atomic E-state index is 12.3. The summed E-state index contributed by atoms with van der Waals surface area (Å²) in [6.07, 6.45) is 3.68. The molecule has 0 aromatic carbocycles. The van der Waals surface area contributed by atoms with E-state index in [0.717, 1.165) is 42.3 Å². The molecular weight excluding hydrogens is 354 g/mol. The Morgan fingerprint density at radius 1 is 1.42 bits per heavy atom. The first-order valence-corrected chi connectivity index (χ1v) is 9.64. The molecule has 2 aliphatic rings. The lowest BCUT2D eigenvalue weighted by Crippen LogP contribution is -2.47. The number of rotatable bonds is 3. The third-order valence-electron chi connectivity index (χ3n) is 5.04. The molecule has 2 atom stereocenters. The van der Waals surface area contributed by atoms with Gasteiger partial charge in [-0.3, -0.25) is 9.69 Å². The van der Waals surface area contributed by atoms with Gasteiger partial charge in [-0.1, -0.05) is 23.5 Å². The predicted octanol–water partition coefficient (Wildman–Crippen LogP) is 0.651. The van der Waals surface area contributed by atoms with Crippen LogP contribution in [0.5, 0.6) is 0 Å². The number of likely N-dealkylation sites (tertiary alicyclic amines) is 1. The number of piperidine rings is 1. The number of hydrogen-bond acceptors (Lipinski definition) is 8. The van der Waals surface area contributed by atoms with Crippen LogP contribution in [0, 0.1) is 0 Å². The van der Waals surface area contributed by atoms with Gasteiger partial charge < -0.3 is 4.74 Å². The van der Waals surface area contributed by atoms with E-state index in [1.807, 2.05) is 11.6 Å². The highest BCUT2D eigenvalue weighted by Crippen LogP contribution is 2.30. The smallest absolute Gasteiger partial charge is 0.275 e. The summed E-state index contributed by atoms with van der Waals surface area (Å²) in [7, 11) is 0. The number of fused-ring (bicyclic) bond motifs is 4. The highest BCUT2D eigenvalue weighted by Gasteiger charge is 2.36. The lowest BCUT2D eigenvalue weighted by atomic mass is 10.0. The molecule has 5 rings (SSSR count). The Hall–Kier alpha value is -2.17. The lowest BCUT2D eigenvalue weighted by molar-refractivity contribution is -0.0671. The van der Waals surface area contributed by atoms with Crippen LogP contribution >= 0.6 is 11.3 Å². The van der Waals surface area contributed by atoms with Gasteiger partial charge >= 0.3 is 0 Å². The summed E-state index contributed by atoms with van der Waals surface area (Å²) in [6, 6.07) is 1.76. The molecule has 0 bridgehead atoms. The van der Waals surface area contributed by atoms with Crippen LogP contribution in [0.2, 0.25) is 0 Å². The minimum absolute atomic E-state index is 0.115. The van der Waals surface area contributed by atoms with Crippen molar-refractivity contribution in [2.75, 3.05) is 13.1 Å². The minimum atomic E-state index is -0.115. The first kappa shape index (κ1) is 16.0. The molecule has 3 aromatic heterocycles. The Morgan fingerprint density at radius 3 is 3.23 bits per heavy atom. The van der Waals surface area contributed by atoms with Crippen molar-refractivity contribution in [2.24, 2.45) is 0 Å². The van der Waals surface area contributed by atoms with E-state index in [2.05, 4.69) is 25.3 Å². The second kappa shape index (κ2) is 6.22. The number of aryl methyl sites for hydroxylation is 1. The molecule has 9 nitrogen and oxygen atoms in total. The highest BCUT2D eigenvalue weighted by atomic mass is 32.1.